The molecule has 9 heteroatoms. The summed E-state index contributed by atoms with van der Waals surface area (Å²) in [6.07, 6.45) is -3.73. The second kappa shape index (κ2) is 9.99. The van der Waals surface area contributed by atoms with E-state index in [0.717, 1.165) is 5.56 Å². The van der Waals surface area contributed by atoms with Gasteiger partial charge in [0.05, 0.1) is 0 Å². The Balaban J connectivity index is 1.58. The van der Waals surface area contributed by atoms with Gasteiger partial charge in [-0.3, -0.25) is 4.90 Å². The number of alkyl halides is 3. The highest BCUT2D eigenvalue weighted by molar-refractivity contribution is 6.30. The monoisotopic (exact) mass is 393 g/mol. The maximum atomic E-state index is 12.2. The maximum Gasteiger partial charge on any atom is 0.411 e. The molecular formula is C17H23ClF3N3O2. The molecule has 1 saturated heterocycles. The van der Waals surface area contributed by atoms with Crippen LogP contribution in [0.2, 0.25) is 5.02 Å². The molecule has 2 amide bonds. The molecule has 0 aromatic heterocycles. The fraction of sp³-hybridized carbons (Fsp3) is 0.588. The third kappa shape index (κ3) is 7.80. The largest absolute Gasteiger partial charge is 0.411 e. The molecule has 0 aliphatic carbocycles. The Morgan fingerprint density at radius 3 is 2.42 bits per heavy atom. The number of piperazine rings is 1. The average molecular weight is 394 g/mol. The van der Waals surface area contributed by atoms with E-state index in [1.165, 1.54) is 0 Å². The van der Waals surface area contributed by atoms with Crippen molar-refractivity contribution in [3.63, 3.8) is 0 Å². The Labute approximate surface area is 156 Å². The molecule has 1 aromatic carbocycles. The highest BCUT2D eigenvalue weighted by Gasteiger charge is 2.27. The molecule has 0 spiro atoms. The molecule has 146 valence electrons. The van der Waals surface area contributed by atoms with Crippen molar-refractivity contribution in [3.8, 4) is 0 Å². The molecule has 1 aromatic rings. The number of rotatable bonds is 7. The van der Waals surface area contributed by atoms with Crippen LogP contribution in [0.4, 0.5) is 18.0 Å². The standard InChI is InChI=1S/C17H23ClF3N3O2/c18-15-4-2-14(3-5-15)12-22-16(25)24-9-7-23(8-10-24)6-1-11-26-13-17(19,20)21/h2-5H,1,6-13H2,(H,22,25). The second-order valence-electron chi connectivity index (χ2n) is 6.14. The zero-order valence-corrected chi connectivity index (χ0v) is 15.2. The number of urea groups is 1. The van der Waals surface area contributed by atoms with E-state index in [0.29, 0.717) is 50.7 Å². The van der Waals surface area contributed by atoms with E-state index in [2.05, 4.69) is 15.0 Å². The molecule has 1 fully saturated rings. The zero-order chi connectivity index (χ0) is 19.0. The van der Waals surface area contributed by atoms with Crippen molar-refractivity contribution >= 4 is 17.6 Å². The van der Waals surface area contributed by atoms with Gasteiger partial charge in [0, 0.05) is 50.9 Å². The van der Waals surface area contributed by atoms with E-state index in [4.69, 9.17) is 11.6 Å². The van der Waals surface area contributed by atoms with Gasteiger partial charge in [0.1, 0.15) is 6.61 Å². The van der Waals surface area contributed by atoms with Crippen LogP contribution in [0.25, 0.3) is 0 Å². The lowest BCUT2D eigenvalue weighted by atomic mass is 10.2. The van der Waals surface area contributed by atoms with Gasteiger partial charge in [-0.2, -0.15) is 13.2 Å². The Morgan fingerprint density at radius 2 is 1.81 bits per heavy atom. The van der Waals surface area contributed by atoms with Gasteiger partial charge in [-0.15, -0.1) is 0 Å². The molecular weight excluding hydrogens is 371 g/mol. The highest BCUT2D eigenvalue weighted by Crippen LogP contribution is 2.14. The fourth-order valence-corrected chi connectivity index (χ4v) is 2.77. The summed E-state index contributed by atoms with van der Waals surface area (Å²) in [5.41, 5.74) is 0.972. The Hall–Kier alpha value is -1.51. The molecule has 1 aliphatic heterocycles. The number of nitrogens with one attached hydrogen (secondary N) is 1. The summed E-state index contributed by atoms with van der Waals surface area (Å²) in [6, 6.07) is 7.16. The Kier molecular flexibility index (Phi) is 7.99. The van der Waals surface area contributed by atoms with E-state index < -0.39 is 12.8 Å². The molecule has 5 nitrogen and oxygen atoms in total. The van der Waals surface area contributed by atoms with Crippen molar-refractivity contribution in [1.82, 2.24) is 15.1 Å². The normalized spacial score (nSPS) is 15.9. The minimum absolute atomic E-state index is 0.0846. The highest BCUT2D eigenvalue weighted by atomic mass is 35.5. The number of ether oxygens (including phenoxy) is 1. The number of hydrogen-bond acceptors (Lipinski definition) is 3. The topological polar surface area (TPSA) is 44.8 Å². The summed E-state index contributed by atoms with van der Waals surface area (Å²) >= 11 is 5.83. The number of carbonyl (C=O) groups excluding carboxylic acids is 1. The lowest BCUT2D eigenvalue weighted by Crippen LogP contribution is -2.51. The van der Waals surface area contributed by atoms with Crippen LogP contribution in [0.3, 0.4) is 0 Å². The number of hydrogen-bond donors (Lipinski definition) is 1. The van der Waals surface area contributed by atoms with Crippen LogP contribution in [-0.2, 0) is 11.3 Å². The Morgan fingerprint density at radius 1 is 1.15 bits per heavy atom. The third-order valence-electron chi connectivity index (χ3n) is 4.05. The maximum absolute atomic E-state index is 12.2. The summed E-state index contributed by atoms with van der Waals surface area (Å²) in [4.78, 5) is 16.0. The van der Waals surface area contributed by atoms with Crippen LogP contribution >= 0.6 is 11.6 Å². The average Bonchev–Trinajstić information content (AvgIpc) is 2.60. The SMILES string of the molecule is O=C(NCc1ccc(Cl)cc1)N1CCN(CCCOCC(F)(F)F)CC1. The van der Waals surface area contributed by atoms with Gasteiger partial charge in [-0.25, -0.2) is 4.79 Å². The molecule has 26 heavy (non-hydrogen) atoms. The van der Waals surface area contributed by atoms with Crippen molar-refractivity contribution in [2.75, 3.05) is 45.9 Å². The minimum atomic E-state index is -4.27. The smallest absolute Gasteiger partial charge is 0.372 e. The molecule has 1 aliphatic rings. The van der Waals surface area contributed by atoms with Crippen molar-refractivity contribution in [1.29, 1.82) is 0 Å². The first-order valence-corrected chi connectivity index (χ1v) is 8.85. The minimum Gasteiger partial charge on any atom is -0.372 e. The molecule has 0 saturated carbocycles. The van der Waals surface area contributed by atoms with Crippen LogP contribution < -0.4 is 5.32 Å². The first-order valence-electron chi connectivity index (χ1n) is 8.47. The van der Waals surface area contributed by atoms with Gasteiger partial charge in [-0.05, 0) is 24.1 Å². The first kappa shape index (κ1) is 20.8. The Bertz CT molecular complexity index is 561. The summed E-state index contributed by atoms with van der Waals surface area (Å²) in [5.74, 6) is 0. The van der Waals surface area contributed by atoms with Gasteiger partial charge in [-0.1, -0.05) is 23.7 Å². The molecule has 1 N–H and O–H groups in total. The summed E-state index contributed by atoms with van der Waals surface area (Å²) < 4.78 is 40.5. The van der Waals surface area contributed by atoms with E-state index in [-0.39, 0.29) is 12.6 Å². The fourth-order valence-electron chi connectivity index (χ4n) is 2.64. The molecule has 0 atom stereocenters. The van der Waals surface area contributed by atoms with Crippen molar-refractivity contribution in [3.05, 3.63) is 34.9 Å². The summed E-state index contributed by atoms with van der Waals surface area (Å²) in [5, 5.41) is 3.53. The van der Waals surface area contributed by atoms with Gasteiger partial charge < -0.3 is 15.0 Å². The number of halogens is 4. The molecule has 0 radical (unpaired) electrons. The molecule has 1 heterocycles. The van der Waals surface area contributed by atoms with E-state index in [1.807, 2.05) is 12.1 Å². The van der Waals surface area contributed by atoms with Gasteiger partial charge >= 0.3 is 12.2 Å². The van der Waals surface area contributed by atoms with Crippen molar-refractivity contribution < 1.29 is 22.7 Å². The van der Waals surface area contributed by atoms with E-state index in [9.17, 15) is 18.0 Å². The van der Waals surface area contributed by atoms with Crippen LogP contribution in [0, 0.1) is 0 Å². The van der Waals surface area contributed by atoms with Crippen molar-refractivity contribution in [2.24, 2.45) is 0 Å². The van der Waals surface area contributed by atoms with E-state index in [1.54, 1.807) is 17.0 Å². The predicted octanol–water partition coefficient (Wildman–Crippen LogP) is 3.14. The van der Waals surface area contributed by atoms with E-state index >= 15 is 0 Å². The van der Waals surface area contributed by atoms with Crippen molar-refractivity contribution in [2.45, 2.75) is 19.1 Å². The van der Waals surface area contributed by atoms with Gasteiger partial charge in [0.2, 0.25) is 0 Å². The quantitative estimate of drug-likeness (QED) is 0.724. The summed E-state index contributed by atoms with van der Waals surface area (Å²) in [7, 11) is 0. The molecule has 0 bridgehead atoms. The lowest BCUT2D eigenvalue weighted by Gasteiger charge is -2.34. The second-order valence-corrected chi connectivity index (χ2v) is 6.57. The lowest BCUT2D eigenvalue weighted by molar-refractivity contribution is -0.174. The summed E-state index contributed by atoms with van der Waals surface area (Å²) in [6.45, 7) is 2.58. The molecule has 0 unspecified atom stereocenters. The van der Waals surface area contributed by atoms with Gasteiger partial charge in [0.15, 0.2) is 0 Å². The first-order chi connectivity index (χ1) is 12.3. The molecule has 2 rings (SSSR count). The number of benzene rings is 1. The zero-order valence-electron chi connectivity index (χ0n) is 14.4. The van der Waals surface area contributed by atoms with Crippen LogP contribution in [0.5, 0.6) is 0 Å². The predicted molar refractivity (Wildman–Crippen MR) is 93.2 cm³/mol. The number of nitrogens with zero attached hydrogens (tertiary/aromatic N) is 2. The van der Waals surface area contributed by atoms with Crippen LogP contribution in [0.15, 0.2) is 24.3 Å². The number of carbonyl (C=O) groups is 1. The van der Waals surface area contributed by atoms with Crippen LogP contribution in [-0.4, -0.2) is 67.9 Å². The third-order valence-corrected chi connectivity index (χ3v) is 4.30. The van der Waals surface area contributed by atoms with Crippen LogP contribution in [0.1, 0.15) is 12.0 Å². The van der Waals surface area contributed by atoms with Gasteiger partial charge in [0.25, 0.3) is 0 Å². The number of amides is 2.